The van der Waals surface area contributed by atoms with Gasteiger partial charge in [-0.25, -0.2) is 0 Å². The predicted molar refractivity (Wildman–Crippen MR) is 83.0 cm³/mol. The first-order valence-electron chi connectivity index (χ1n) is 6.61. The maximum absolute atomic E-state index is 12.3. The van der Waals surface area contributed by atoms with Gasteiger partial charge in [-0.1, -0.05) is 6.07 Å². The lowest BCUT2D eigenvalue weighted by molar-refractivity contribution is 0.102. The smallest absolute Gasteiger partial charge is 0.259 e. The molecule has 0 aromatic heterocycles. The van der Waals surface area contributed by atoms with Crippen LogP contribution in [-0.4, -0.2) is 19.6 Å². The van der Waals surface area contributed by atoms with E-state index in [1.807, 2.05) is 19.1 Å². The van der Waals surface area contributed by atoms with Crippen molar-refractivity contribution in [3.8, 4) is 11.5 Å². The van der Waals surface area contributed by atoms with Crippen LogP contribution >= 0.6 is 0 Å². The van der Waals surface area contributed by atoms with Gasteiger partial charge in [0.05, 0.1) is 19.3 Å². The molecule has 2 aromatic rings. The van der Waals surface area contributed by atoms with Gasteiger partial charge < -0.3 is 20.5 Å². The number of rotatable bonds is 5. The third-order valence-corrected chi connectivity index (χ3v) is 2.87. The van der Waals surface area contributed by atoms with Crippen molar-refractivity contribution in [1.29, 1.82) is 0 Å². The molecule has 1 amide bonds. The Morgan fingerprint density at radius 1 is 1.24 bits per heavy atom. The zero-order chi connectivity index (χ0) is 15.2. The highest BCUT2D eigenvalue weighted by Crippen LogP contribution is 2.23. The molecular weight excluding hydrogens is 268 g/mol. The summed E-state index contributed by atoms with van der Waals surface area (Å²) in [5, 5.41) is 2.81. The van der Waals surface area contributed by atoms with E-state index in [0.717, 1.165) is 0 Å². The number of amides is 1. The van der Waals surface area contributed by atoms with Crippen molar-refractivity contribution in [2.75, 3.05) is 24.8 Å². The Kier molecular flexibility index (Phi) is 4.66. The van der Waals surface area contributed by atoms with Crippen LogP contribution in [0.25, 0.3) is 0 Å². The van der Waals surface area contributed by atoms with Gasteiger partial charge >= 0.3 is 0 Å². The number of methoxy groups -OCH3 is 1. The van der Waals surface area contributed by atoms with E-state index in [1.165, 1.54) is 7.11 Å². The number of carbonyl (C=O) groups is 1. The summed E-state index contributed by atoms with van der Waals surface area (Å²) in [6, 6.07) is 12.1. The van der Waals surface area contributed by atoms with Gasteiger partial charge in [-0.2, -0.15) is 0 Å². The molecular formula is C16H18N2O3. The van der Waals surface area contributed by atoms with Gasteiger partial charge in [-0.3, -0.25) is 4.79 Å². The third kappa shape index (κ3) is 3.66. The number of carbonyl (C=O) groups excluding carboxylic acids is 1. The van der Waals surface area contributed by atoms with Crippen molar-refractivity contribution in [2.45, 2.75) is 6.92 Å². The van der Waals surface area contributed by atoms with Gasteiger partial charge in [0, 0.05) is 23.5 Å². The van der Waals surface area contributed by atoms with Crippen molar-refractivity contribution in [3.63, 3.8) is 0 Å². The molecule has 2 aromatic carbocycles. The van der Waals surface area contributed by atoms with E-state index in [4.69, 9.17) is 15.2 Å². The van der Waals surface area contributed by atoms with E-state index in [1.54, 1.807) is 30.3 Å². The molecule has 0 saturated heterocycles. The normalized spacial score (nSPS) is 10.0. The van der Waals surface area contributed by atoms with E-state index in [0.29, 0.717) is 35.0 Å². The Labute approximate surface area is 123 Å². The zero-order valence-corrected chi connectivity index (χ0v) is 12.1. The van der Waals surface area contributed by atoms with Gasteiger partial charge in [0.25, 0.3) is 5.91 Å². The lowest BCUT2D eigenvalue weighted by atomic mass is 10.1. The van der Waals surface area contributed by atoms with Crippen molar-refractivity contribution >= 4 is 17.3 Å². The minimum Gasteiger partial charge on any atom is -0.496 e. The summed E-state index contributed by atoms with van der Waals surface area (Å²) >= 11 is 0. The average Bonchev–Trinajstić information content (AvgIpc) is 2.47. The maximum Gasteiger partial charge on any atom is 0.259 e. The molecule has 0 aliphatic rings. The molecule has 110 valence electrons. The molecule has 0 saturated carbocycles. The Hall–Kier alpha value is -2.69. The quantitative estimate of drug-likeness (QED) is 0.829. The maximum atomic E-state index is 12.3. The van der Waals surface area contributed by atoms with Gasteiger partial charge in [0.2, 0.25) is 0 Å². The molecule has 21 heavy (non-hydrogen) atoms. The second-order valence-electron chi connectivity index (χ2n) is 4.37. The molecule has 5 nitrogen and oxygen atoms in total. The number of hydrogen-bond acceptors (Lipinski definition) is 4. The minimum atomic E-state index is -0.263. The number of nitrogens with one attached hydrogen (secondary N) is 1. The SMILES string of the molecule is CCOc1cccc(NC(=O)c2ccc(N)cc2OC)c1. The number of anilines is 2. The third-order valence-electron chi connectivity index (χ3n) is 2.87. The summed E-state index contributed by atoms with van der Waals surface area (Å²) in [5.74, 6) is 0.883. The molecule has 3 N–H and O–H groups in total. The highest BCUT2D eigenvalue weighted by molar-refractivity contribution is 6.06. The van der Waals surface area contributed by atoms with Crippen LogP contribution in [0.2, 0.25) is 0 Å². The van der Waals surface area contributed by atoms with Crippen molar-refractivity contribution in [2.24, 2.45) is 0 Å². The molecule has 2 rings (SSSR count). The fourth-order valence-corrected chi connectivity index (χ4v) is 1.92. The van der Waals surface area contributed by atoms with E-state index in [2.05, 4.69) is 5.32 Å². The topological polar surface area (TPSA) is 73.6 Å². The van der Waals surface area contributed by atoms with Crippen molar-refractivity contribution < 1.29 is 14.3 Å². The summed E-state index contributed by atoms with van der Waals surface area (Å²) in [4.78, 5) is 12.3. The van der Waals surface area contributed by atoms with Crippen molar-refractivity contribution in [1.82, 2.24) is 0 Å². The largest absolute Gasteiger partial charge is 0.496 e. The Morgan fingerprint density at radius 3 is 2.76 bits per heavy atom. The monoisotopic (exact) mass is 286 g/mol. The van der Waals surface area contributed by atoms with E-state index in [-0.39, 0.29) is 5.91 Å². The summed E-state index contributed by atoms with van der Waals surface area (Å²) in [7, 11) is 1.50. The van der Waals surface area contributed by atoms with Crippen LogP contribution in [0.4, 0.5) is 11.4 Å². The van der Waals surface area contributed by atoms with Crippen LogP contribution in [0, 0.1) is 0 Å². The van der Waals surface area contributed by atoms with Crippen LogP contribution in [-0.2, 0) is 0 Å². The second-order valence-corrected chi connectivity index (χ2v) is 4.37. The summed E-state index contributed by atoms with van der Waals surface area (Å²) < 4.78 is 10.6. The van der Waals surface area contributed by atoms with Crippen LogP contribution in [0.15, 0.2) is 42.5 Å². The molecule has 0 aliphatic heterocycles. The first-order chi connectivity index (χ1) is 10.1. The molecule has 0 radical (unpaired) electrons. The van der Waals surface area contributed by atoms with Crippen LogP contribution in [0.1, 0.15) is 17.3 Å². The highest BCUT2D eigenvalue weighted by Gasteiger charge is 2.13. The number of nitrogen functional groups attached to an aromatic ring is 1. The molecule has 0 aliphatic carbocycles. The summed E-state index contributed by atoms with van der Waals surface area (Å²) in [6.45, 7) is 2.48. The van der Waals surface area contributed by atoms with Crippen LogP contribution in [0.5, 0.6) is 11.5 Å². The number of hydrogen-bond donors (Lipinski definition) is 2. The van der Waals surface area contributed by atoms with E-state index in [9.17, 15) is 4.79 Å². The van der Waals surface area contributed by atoms with E-state index >= 15 is 0 Å². The Balaban J connectivity index is 2.20. The van der Waals surface area contributed by atoms with Gasteiger partial charge in [-0.05, 0) is 31.2 Å². The first kappa shape index (κ1) is 14.7. The van der Waals surface area contributed by atoms with Crippen LogP contribution < -0.4 is 20.5 Å². The fourth-order valence-electron chi connectivity index (χ4n) is 1.92. The lowest BCUT2D eigenvalue weighted by Gasteiger charge is -2.11. The fraction of sp³-hybridized carbons (Fsp3) is 0.188. The number of nitrogens with two attached hydrogens (primary N) is 1. The Morgan fingerprint density at radius 2 is 2.05 bits per heavy atom. The Bertz CT molecular complexity index is 641. The minimum absolute atomic E-state index is 0.263. The zero-order valence-electron chi connectivity index (χ0n) is 12.1. The molecule has 0 atom stereocenters. The first-order valence-corrected chi connectivity index (χ1v) is 6.61. The molecule has 0 bridgehead atoms. The van der Waals surface area contributed by atoms with Gasteiger partial charge in [-0.15, -0.1) is 0 Å². The van der Waals surface area contributed by atoms with Gasteiger partial charge in [0.1, 0.15) is 11.5 Å². The lowest BCUT2D eigenvalue weighted by Crippen LogP contribution is -2.13. The molecule has 5 heteroatoms. The van der Waals surface area contributed by atoms with Crippen LogP contribution in [0.3, 0.4) is 0 Å². The second kappa shape index (κ2) is 6.65. The standard InChI is InChI=1S/C16H18N2O3/c1-3-21-13-6-4-5-12(10-13)18-16(19)14-8-7-11(17)9-15(14)20-2/h4-10H,3,17H2,1-2H3,(H,18,19). The molecule has 0 unspecified atom stereocenters. The summed E-state index contributed by atoms with van der Waals surface area (Å²) in [6.07, 6.45) is 0. The summed E-state index contributed by atoms with van der Waals surface area (Å²) in [5.41, 5.74) is 7.31. The number of benzene rings is 2. The molecule has 0 spiro atoms. The highest BCUT2D eigenvalue weighted by atomic mass is 16.5. The predicted octanol–water partition coefficient (Wildman–Crippen LogP) is 2.93. The molecule has 0 heterocycles. The van der Waals surface area contributed by atoms with Gasteiger partial charge in [0.15, 0.2) is 0 Å². The average molecular weight is 286 g/mol. The molecule has 0 fully saturated rings. The van der Waals surface area contributed by atoms with E-state index < -0.39 is 0 Å². The number of ether oxygens (including phenoxy) is 2. The van der Waals surface area contributed by atoms with Crippen molar-refractivity contribution in [3.05, 3.63) is 48.0 Å².